The van der Waals surface area contributed by atoms with Crippen molar-refractivity contribution in [2.24, 2.45) is 11.7 Å². The van der Waals surface area contributed by atoms with Gasteiger partial charge in [-0.3, -0.25) is 9.36 Å². The molecule has 0 radical (unpaired) electrons. The van der Waals surface area contributed by atoms with Gasteiger partial charge >= 0.3 is 0 Å². The number of carbonyl (C=O) groups excluding carboxylic acids is 1. The maximum Gasteiger partial charge on any atom is 0.224 e. The third-order valence-corrected chi connectivity index (χ3v) is 7.35. The minimum Gasteiger partial charge on any atom is -0.369 e. The molecule has 2 heterocycles. The van der Waals surface area contributed by atoms with Gasteiger partial charge in [0.15, 0.2) is 5.65 Å². The molecule has 2 fully saturated rings. The van der Waals surface area contributed by atoms with Crippen LogP contribution in [0.2, 0.25) is 10.0 Å². The summed E-state index contributed by atoms with van der Waals surface area (Å²) in [6.07, 6.45) is 9.06. The van der Waals surface area contributed by atoms with E-state index in [0.29, 0.717) is 41.9 Å². The van der Waals surface area contributed by atoms with E-state index in [1.54, 1.807) is 6.20 Å². The highest BCUT2D eigenvalue weighted by Crippen LogP contribution is 2.38. The lowest BCUT2D eigenvalue weighted by atomic mass is 9.85. The number of fused-ring (bicyclic) bond motifs is 1. The zero-order valence-electron chi connectivity index (χ0n) is 18.5. The van der Waals surface area contributed by atoms with Gasteiger partial charge in [-0.05, 0) is 50.7 Å². The topological polar surface area (TPSA) is 111 Å². The summed E-state index contributed by atoms with van der Waals surface area (Å²) >= 11 is 12.2. The second kappa shape index (κ2) is 9.54. The maximum absolute atomic E-state index is 14.7. The Balaban J connectivity index is 1.54. The molecule has 0 atom stereocenters. The summed E-state index contributed by atoms with van der Waals surface area (Å²) in [6.45, 7) is 0. The summed E-state index contributed by atoms with van der Waals surface area (Å²) in [7, 11) is 0. The summed E-state index contributed by atoms with van der Waals surface area (Å²) in [6, 6.07) is 3.04. The number of halogens is 3. The zero-order valence-corrected chi connectivity index (χ0v) is 20.0. The van der Waals surface area contributed by atoms with Gasteiger partial charge < -0.3 is 16.4 Å². The summed E-state index contributed by atoms with van der Waals surface area (Å²) < 4.78 is 16.7. The molecule has 2 aliphatic rings. The van der Waals surface area contributed by atoms with Crippen LogP contribution < -0.4 is 16.4 Å². The van der Waals surface area contributed by atoms with E-state index in [1.807, 2.05) is 4.57 Å². The molecule has 2 saturated carbocycles. The number of hydrogen-bond donors (Lipinski definition) is 3. The van der Waals surface area contributed by atoms with E-state index < -0.39 is 5.82 Å². The fourth-order valence-electron chi connectivity index (χ4n) is 5.04. The Labute approximate surface area is 206 Å². The van der Waals surface area contributed by atoms with Crippen LogP contribution in [0.4, 0.5) is 22.0 Å². The number of hydrogen-bond acceptors (Lipinski definition) is 6. The van der Waals surface area contributed by atoms with Gasteiger partial charge in [0, 0.05) is 23.0 Å². The summed E-state index contributed by atoms with van der Waals surface area (Å²) in [5.74, 6) is -0.0303. The van der Waals surface area contributed by atoms with Crippen LogP contribution in [0, 0.1) is 11.7 Å². The predicted molar refractivity (Wildman–Crippen MR) is 131 cm³/mol. The molecular weight excluding hydrogens is 480 g/mol. The molecule has 2 aromatic heterocycles. The number of amides is 1. The molecule has 0 spiro atoms. The Hall–Kier alpha value is -2.65. The van der Waals surface area contributed by atoms with Gasteiger partial charge in [-0.25, -0.2) is 14.4 Å². The lowest BCUT2D eigenvalue weighted by Gasteiger charge is -2.29. The summed E-state index contributed by atoms with van der Waals surface area (Å²) in [5, 5.41) is 6.84. The number of nitrogens with two attached hydrogens (primary N) is 1. The molecule has 0 aliphatic heterocycles. The Bertz CT molecular complexity index is 1200. The van der Waals surface area contributed by atoms with Gasteiger partial charge in [-0.2, -0.15) is 4.98 Å². The molecule has 11 heteroatoms. The van der Waals surface area contributed by atoms with Gasteiger partial charge in [0.05, 0.1) is 16.9 Å². The molecule has 1 aromatic carbocycles. The fraction of sp³-hybridized carbons (Fsp3) is 0.478. The monoisotopic (exact) mass is 505 g/mol. The first kappa shape index (κ1) is 23.1. The lowest BCUT2D eigenvalue weighted by molar-refractivity contribution is -0.122. The molecule has 0 unspecified atom stereocenters. The number of nitrogens with one attached hydrogen (secondary N) is 2. The maximum atomic E-state index is 14.7. The van der Waals surface area contributed by atoms with E-state index in [9.17, 15) is 9.18 Å². The molecule has 34 heavy (non-hydrogen) atoms. The van der Waals surface area contributed by atoms with Crippen LogP contribution >= 0.6 is 23.2 Å². The van der Waals surface area contributed by atoms with E-state index in [2.05, 4.69) is 20.6 Å². The zero-order chi connectivity index (χ0) is 23.8. The largest absolute Gasteiger partial charge is 0.369 e. The SMILES string of the molecule is NC(=O)C1CCC(n2c(Nc3c(F)cc(Cl)cc3Cl)nc3cnc(NC4CCCC4)nc32)CC1. The molecule has 0 bridgehead atoms. The molecule has 1 amide bonds. The number of primary amides is 1. The molecule has 8 nitrogen and oxygen atoms in total. The summed E-state index contributed by atoms with van der Waals surface area (Å²) in [5.41, 5.74) is 6.85. The van der Waals surface area contributed by atoms with Crippen molar-refractivity contribution in [1.82, 2.24) is 19.5 Å². The Morgan fingerprint density at radius 2 is 1.82 bits per heavy atom. The predicted octanol–water partition coefficient (Wildman–Crippen LogP) is 5.59. The standard InChI is InChI=1S/C23H26Cl2FN7O/c24-13-9-16(25)19(17(26)10-13)31-23-30-18-11-28-22(29-14-3-1-2-4-14)32-21(18)33(23)15-7-5-12(6-8-15)20(27)34/h9-12,14-15H,1-8H2,(H2,27,34)(H,30,31)(H,28,29,32). The average Bonchev–Trinajstić information content (AvgIpc) is 3.43. The molecule has 4 N–H and O–H groups in total. The van der Waals surface area contributed by atoms with Crippen molar-refractivity contribution in [3.63, 3.8) is 0 Å². The highest BCUT2D eigenvalue weighted by Gasteiger charge is 2.29. The average molecular weight is 506 g/mol. The molecular formula is C23H26Cl2FN7O. The third kappa shape index (κ3) is 4.63. The number of anilines is 3. The van der Waals surface area contributed by atoms with Crippen LogP contribution in [0.5, 0.6) is 0 Å². The highest BCUT2D eigenvalue weighted by atomic mass is 35.5. The van der Waals surface area contributed by atoms with Gasteiger partial charge in [0.2, 0.25) is 17.8 Å². The minimum atomic E-state index is -0.580. The van der Waals surface area contributed by atoms with Crippen LogP contribution in [-0.4, -0.2) is 31.5 Å². The van der Waals surface area contributed by atoms with Crippen LogP contribution in [0.25, 0.3) is 11.2 Å². The quantitative estimate of drug-likeness (QED) is 0.402. The van der Waals surface area contributed by atoms with Crippen molar-refractivity contribution in [1.29, 1.82) is 0 Å². The first-order chi connectivity index (χ1) is 16.4. The Morgan fingerprint density at radius 1 is 1.09 bits per heavy atom. The number of imidazole rings is 1. The van der Waals surface area contributed by atoms with E-state index in [-0.39, 0.29) is 33.6 Å². The van der Waals surface area contributed by atoms with Gasteiger partial charge in [-0.1, -0.05) is 36.0 Å². The van der Waals surface area contributed by atoms with E-state index >= 15 is 0 Å². The lowest BCUT2D eigenvalue weighted by Crippen LogP contribution is -2.29. The second-order valence-corrected chi connectivity index (χ2v) is 9.95. The van der Waals surface area contributed by atoms with Crippen LogP contribution in [-0.2, 0) is 4.79 Å². The van der Waals surface area contributed by atoms with Gasteiger partial charge in [0.25, 0.3) is 0 Å². The van der Waals surface area contributed by atoms with Crippen molar-refractivity contribution < 1.29 is 9.18 Å². The van der Waals surface area contributed by atoms with Crippen molar-refractivity contribution in [3.05, 3.63) is 34.2 Å². The number of aromatic nitrogens is 4. The van der Waals surface area contributed by atoms with Gasteiger partial charge in [-0.15, -0.1) is 0 Å². The van der Waals surface area contributed by atoms with E-state index in [0.717, 1.165) is 25.7 Å². The Kier molecular flexibility index (Phi) is 6.48. The first-order valence-electron chi connectivity index (χ1n) is 11.6. The second-order valence-electron chi connectivity index (χ2n) is 9.11. The Morgan fingerprint density at radius 3 is 2.50 bits per heavy atom. The summed E-state index contributed by atoms with van der Waals surface area (Å²) in [4.78, 5) is 25.6. The molecule has 2 aliphatic carbocycles. The van der Waals surface area contributed by atoms with Crippen molar-refractivity contribution in [3.8, 4) is 0 Å². The van der Waals surface area contributed by atoms with E-state index in [1.165, 1.54) is 25.0 Å². The third-order valence-electron chi connectivity index (χ3n) is 6.83. The number of benzene rings is 1. The number of nitrogens with zero attached hydrogens (tertiary/aromatic N) is 4. The highest BCUT2D eigenvalue weighted by molar-refractivity contribution is 6.36. The smallest absolute Gasteiger partial charge is 0.224 e. The first-order valence-corrected chi connectivity index (χ1v) is 12.4. The van der Waals surface area contributed by atoms with Crippen LogP contribution in [0.1, 0.15) is 57.4 Å². The number of rotatable bonds is 6. The van der Waals surface area contributed by atoms with E-state index in [4.69, 9.17) is 33.9 Å². The van der Waals surface area contributed by atoms with Crippen LogP contribution in [0.3, 0.4) is 0 Å². The molecule has 180 valence electrons. The normalized spacial score (nSPS) is 21.1. The van der Waals surface area contributed by atoms with Crippen LogP contribution in [0.15, 0.2) is 18.3 Å². The van der Waals surface area contributed by atoms with Gasteiger partial charge in [0.1, 0.15) is 11.3 Å². The number of carbonyl (C=O) groups is 1. The van der Waals surface area contributed by atoms with Crippen molar-refractivity contribution in [2.45, 2.75) is 63.5 Å². The molecule has 0 saturated heterocycles. The molecule has 3 aromatic rings. The fourth-order valence-corrected chi connectivity index (χ4v) is 5.55. The minimum absolute atomic E-state index is 0.00599. The van der Waals surface area contributed by atoms with Crippen molar-refractivity contribution in [2.75, 3.05) is 10.6 Å². The molecule has 5 rings (SSSR count). The van der Waals surface area contributed by atoms with Crippen molar-refractivity contribution >= 4 is 57.9 Å².